The highest BCUT2D eigenvalue weighted by molar-refractivity contribution is 7.22. The molecule has 0 aliphatic carbocycles. The lowest BCUT2D eigenvalue weighted by atomic mass is 10.2. The topological polar surface area (TPSA) is 0 Å². The van der Waals surface area contributed by atoms with Crippen molar-refractivity contribution in [3.05, 3.63) is 45.5 Å². The first-order chi connectivity index (χ1) is 9.31. The molecule has 0 bridgehead atoms. The van der Waals surface area contributed by atoms with Crippen molar-refractivity contribution in [2.45, 2.75) is 26.7 Å². The first kappa shape index (κ1) is 13.1. The minimum Gasteiger partial charge on any atom is -0.142 e. The van der Waals surface area contributed by atoms with Gasteiger partial charge in [0.15, 0.2) is 0 Å². The molecule has 0 aliphatic heterocycles. The molecule has 0 unspecified atom stereocenters. The van der Waals surface area contributed by atoms with Gasteiger partial charge in [0.1, 0.15) is 0 Å². The molecule has 0 amide bonds. The fourth-order valence-electron chi connectivity index (χ4n) is 2.10. The third kappa shape index (κ3) is 2.55. The van der Waals surface area contributed by atoms with E-state index in [0.717, 1.165) is 12.8 Å². The highest BCUT2D eigenvalue weighted by Crippen LogP contribution is 2.42. The van der Waals surface area contributed by atoms with E-state index in [-0.39, 0.29) is 0 Å². The number of hydrogen-bond donors (Lipinski definition) is 0. The van der Waals surface area contributed by atoms with Crippen LogP contribution < -0.4 is 0 Å². The van der Waals surface area contributed by atoms with Crippen LogP contribution in [0.2, 0.25) is 0 Å². The molecule has 0 aromatic carbocycles. The van der Waals surface area contributed by atoms with Crippen LogP contribution in [0.1, 0.15) is 23.6 Å². The maximum Gasteiger partial charge on any atom is 0.0529 e. The molecule has 19 heavy (non-hydrogen) atoms. The minimum atomic E-state index is 1.13. The van der Waals surface area contributed by atoms with Gasteiger partial charge in [0, 0.05) is 25.1 Å². The van der Waals surface area contributed by atoms with Gasteiger partial charge >= 0.3 is 0 Å². The molecule has 0 nitrogen and oxygen atoms in total. The van der Waals surface area contributed by atoms with Gasteiger partial charge in [-0.1, -0.05) is 13.8 Å². The van der Waals surface area contributed by atoms with Gasteiger partial charge in [-0.2, -0.15) is 0 Å². The van der Waals surface area contributed by atoms with E-state index in [1.165, 1.54) is 29.9 Å². The van der Waals surface area contributed by atoms with Crippen molar-refractivity contribution in [3.8, 4) is 20.2 Å². The Balaban J connectivity index is 2.02. The van der Waals surface area contributed by atoms with E-state index >= 15 is 0 Å². The molecule has 0 saturated carbocycles. The van der Waals surface area contributed by atoms with E-state index in [1.807, 2.05) is 34.0 Å². The molecule has 3 heteroatoms. The zero-order valence-corrected chi connectivity index (χ0v) is 13.6. The lowest BCUT2D eigenvalue weighted by Gasteiger charge is -1.98. The summed E-state index contributed by atoms with van der Waals surface area (Å²) >= 11 is 5.71. The quantitative estimate of drug-likeness (QED) is 0.528. The molecular weight excluding hydrogens is 288 g/mol. The Labute approximate surface area is 126 Å². The van der Waals surface area contributed by atoms with E-state index in [1.54, 1.807) is 0 Å². The molecule has 3 heterocycles. The van der Waals surface area contributed by atoms with Crippen LogP contribution in [-0.2, 0) is 12.8 Å². The van der Waals surface area contributed by atoms with Crippen LogP contribution >= 0.6 is 34.0 Å². The number of hydrogen-bond acceptors (Lipinski definition) is 3. The van der Waals surface area contributed by atoms with Gasteiger partial charge in [-0.05, 0) is 48.6 Å². The highest BCUT2D eigenvalue weighted by atomic mass is 32.1. The predicted octanol–water partition coefficient (Wildman–Crippen LogP) is 6.33. The number of aryl methyl sites for hydroxylation is 2. The average molecular weight is 305 g/mol. The molecule has 0 radical (unpaired) electrons. The van der Waals surface area contributed by atoms with E-state index < -0.39 is 0 Å². The Morgan fingerprint density at radius 3 is 2.05 bits per heavy atom. The van der Waals surface area contributed by atoms with Crippen LogP contribution in [0.25, 0.3) is 20.2 Å². The van der Waals surface area contributed by atoms with Gasteiger partial charge in [-0.15, -0.1) is 34.0 Å². The van der Waals surface area contributed by atoms with Crippen molar-refractivity contribution < 1.29 is 0 Å². The van der Waals surface area contributed by atoms with Gasteiger partial charge in [0.2, 0.25) is 0 Å². The van der Waals surface area contributed by atoms with Gasteiger partial charge in [0.25, 0.3) is 0 Å². The Morgan fingerprint density at radius 1 is 0.789 bits per heavy atom. The lowest BCUT2D eigenvalue weighted by molar-refractivity contribution is 1.19. The van der Waals surface area contributed by atoms with Crippen molar-refractivity contribution in [3.63, 3.8) is 0 Å². The Kier molecular flexibility index (Phi) is 3.87. The maximum atomic E-state index is 2.27. The molecule has 0 aliphatic rings. The summed E-state index contributed by atoms with van der Waals surface area (Å²) in [7, 11) is 0. The standard InChI is InChI=1S/C16H16S3/c1-3-11-5-7-14(18-11)13-9-10-17-16(13)15-8-6-12(4-2)19-15/h5-10H,3-4H2,1-2H3. The first-order valence-electron chi connectivity index (χ1n) is 6.57. The molecule has 98 valence electrons. The van der Waals surface area contributed by atoms with Crippen LogP contribution in [0.15, 0.2) is 35.7 Å². The van der Waals surface area contributed by atoms with Gasteiger partial charge in [0.05, 0.1) is 4.88 Å². The van der Waals surface area contributed by atoms with Crippen molar-refractivity contribution in [1.29, 1.82) is 0 Å². The highest BCUT2D eigenvalue weighted by Gasteiger charge is 2.12. The Hall–Kier alpha value is -0.900. The van der Waals surface area contributed by atoms with Crippen molar-refractivity contribution >= 4 is 34.0 Å². The SMILES string of the molecule is CCc1ccc(-c2ccsc2-c2ccc(CC)s2)s1. The summed E-state index contributed by atoms with van der Waals surface area (Å²) in [6.45, 7) is 4.44. The predicted molar refractivity (Wildman–Crippen MR) is 89.7 cm³/mol. The zero-order chi connectivity index (χ0) is 13.2. The molecule has 3 aromatic heterocycles. The van der Waals surface area contributed by atoms with Crippen LogP contribution in [0.4, 0.5) is 0 Å². The largest absolute Gasteiger partial charge is 0.142 e. The second kappa shape index (κ2) is 5.61. The molecule has 0 N–H and O–H groups in total. The fraction of sp³-hybridized carbons (Fsp3) is 0.250. The summed E-state index contributed by atoms with van der Waals surface area (Å²) in [6.07, 6.45) is 2.26. The summed E-state index contributed by atoms with van der Waals surface area (Å²) in [6, 6.07) is 11.3. The van der Waals surface area contributed by atoms with Gasteiger partial charge in [-0.3, -0.25) is 0 Å². The third-order valence-corrected chi connectivity index (χ3v) is 6.76. The van der Waals surface area contributed by atoms with Gasteiger partial charge in [-0.25, -0.2) is 0 Å². The maximum absolute atomic E-state index is 2.27. The van der Waals surface area contributed by atoms with Crippen LogP contribution in [0.3, 0.4) is 0 Å². The summed E-state index contributed by atoms with van der Waals surface area (Å²) in [4.78, 5) is 7.17. The Bertz CT molecular complexity index is 613. The second-order valence-corrected chi connectivity index (χ2v) is 7.66. The van der Waals surface area contributed by atoms with Crippen molar-refractivity contribution in [2.75, 3.05) is 0 Å². The first-order valence-corrected chi connectivity index (χ1v) is 9.08. The zero-order valence-electron chi connectivity index (χ0n) is 11.1. The van der Waals surface area contributed by atoms with E-state index in [0.29, 0.717) is 0 Å². The molecular formula is C16H16S3. The minimum absolute atomic E-state index is 1.13. The van der Waals surface area contributed by atoms with E-state index in [2.05, 4.69) is 49.6 Å². The van der Waals surface area contributed by atoms with Crippen LogP contribution in [0.5, 0.6) is 0 Å². The molecule has 0 atom stereocenters. The van der Waals surface area contributed by atoms with Crippen molar-refractivity contribution in [1.82, 2.24) is 0 Å². The summed E-state index contributed by atoms with van der Waals surface area (Å²) in [5.41, 5.74) is 1.40. The van der Waals surface area contributed by atoms with Gasteiger partial charge < -0.3 is 0 Å². The number of rotatable bonds is 4. The van der Waals surface area contributed by atoms with E-state index in [4.69, 9.17) is 0 Å². The molecule has 0 fully saturated rings. The average Bonchev–Trinajstić information content (AvgIpc) is 3.16. The normalized spacial score (nSPS) is 11.1. The molecule has 0 spiro atoms. The summed E-state index contributed by atoms with van der Waals surface area (Å²) < 4.78 is 0. The molecule has 3 rings (SSSR count). The smallest absolute Gasteiger partial charge is 0.0529 e. The fourth-order valence-corrected chi connectivity index (χ4v) is 5.14. The summed E-state index contributed by atoms with van der Waals surface area (Å²) in [5, 5.41) is 2.21. The monoisotopic (exact) mass is 304 g/mol. The van der Waals surface area contributed by atoms with Crippen molar-refractivity contribution in [2.24, 2.45) is 0 Å². The molecule has 0 saturated heterocycles. The third-order valence-electron chi connectivity index (χ3n) is 3.17. The second-order valence-electron chi connectivity index (χ2n) is 4.40. The van der Waals surface area contributed by atoms with Crippen LogP contribution in [0, 0.1) is 0 Å². The van der Waals surface area contributed by atoms with E-state index in [9.17, 15) is 0 Å². The number of thiophene rings is 3. The Morgan fingerprint density at radius 2 is 1.42 bits per heavy atom. The summed E-state index contributed by atoms with van der Waals surface area (Å²) in [5.74, 6) is 0. The van der Waals surface area contributed by atoms with Crippen LogP contribution in [-0.4, -0.2) is 0 Å². The lowest BCUT2D eigenvalue weighted by Crippen LogP contribution is -1.70. The molecule has 3 aromatic rings.